The number of hydrogen-bond donors (Lipinski definition) is 1. The molecule has 1 saturated heterocycles. The van der Waals surface area contributed by atoms with Crippen LogP contribution < -0.4 is 5.73 Å². The van der Waals surface area contributed by atoms with E-state index in [1.807, 2.05) is 5.38 Å². The smallest absolute Gasteiger partial charge is 0.0895 e. The molecule has 1 aliphatic rings. The average Bonchev–Trinajstić information content (AvgIpc) is 2.71. The van der Waals surface area contributed by atoms with E-state index in [4.69, 9.17) is 10.5 Å². The number of rotatable bonds is 3. The van der Waals surface area contributed by atoms with E-state index in [1.54, 1.807) is 0 Å². The molecule has 5 nitrogen and oxygen atoms in total. The van der Waals surface area contributed by atoms with E-state index in [9.17, 15) is 0 Å². The summed E-state index contributed by atoms with van der Waals surface area (Å²) >= 11 is 1.39. The zero-order valence-corrected chi connectivity index (χ0v) is 8.74. The summed E-state index contributed by atoms with van der Waals surface area (Å²) in [5, 5.41) is 6.00. The predicted molar refractivity (Wildman–Crippen MR) is 54.0 cm³/mol. The molecule has 0 spiro atoms. The van der Waals surface area contributed by atoms with Gasteiger partial charge in [-0.1, -0.05) is 4.49 Å². The van der Waals surface area contributed by atoms with Crippen molar-refractivity contribution in [2.24, 2.45) is 5.73 Å². The largest absolute Gasteiger partial charge is 0.374 e. The third-order valence-electron chi connectivity index (χ3n) is 2.28. The molecule has 78 valence electrons. The molecule has 1 aliphatic heterocycles. The van der Waals surface area contributed by atoms with Crippen LogP contribution in [0.25, 0.3) is 0 Å². The maximum Gasteiger partial charge on any atom is 0.0895 e. The summed E-state index contributed by atoms with van der Waals surface area (Å²) in [6.07, 6.45) is 0.176. The summed E-state index contributed by atoms with van der Waals surface area (Å²) in [4.78, 5) is 2.30. The SMILES string of the molecule is NCC1CN(Cc2csnn2)CCO1. The lowest BCUT2D eigenvalue weighted by atomic mass is 10.2. The highest BCUT2D eigenvalue weighted by Crippen LogP contribution is 2.08. The van der Waals surface area contributed by atoms with E-state index < -0.39 is 0 Å². The number of ether oxygens (including phenoxy) is 1. The topological polar surface area (TPSA) is 64.3 Å². The van der Waals surface area contributed by atoms with Gasteiger partial charge in [-0.2, -0.15) is 0 Å². The van der Waals surface area contributed by atoms with Crippen LogP contribution in [0.5, 0.6) is 0 Å². The van der Waals surface area contributed by atoms with Crippen molar-refractivity contribution >= 4 is 11.5 Å². The summed E-state index contributed by atoms with van der Waals surface area (Å²) in [5.41, 5.74) is 6.60. The highest BCUT2D eigenvalue weighted by molar-refractivity contribution is 7.03. The van der Waals surface area contributed by atoms with Crippen LogP contribution in [0, 0.1) is 0 Å². The van der Waals surface area contributed by atoms with E-state index in [0.29, 0.717) is 6.54 Å². The summed E-state index contributed by atoms with van der Waals surface area (Å²) in [5.74, 6) is 0. The third-order valence-corrected chi connectivity index (χ3v) is 2.83. The fourth-order valence-corrected chi connectivity index (χ4v) is 1.99. The summed E-state index contributed by atoms with van der Waals surface area (Å²) in [6, 6.07) is 0. The molecular formula is C8H14N4OS. The van der Waals surface area contributed by atoms with Crippen molar-refractivity contribution in [2.45, 2.75) is 12.6 Å². The van der Waals surface area contributed by atoms with Crippen LogP contribution in [-0.2, 0) is 11.3 Å². The fraction of sp³-hybridized carbons (Fsp3) is 0.750. The van der Waals surface area contributed by atoms with Gasteiger partial charge >= 0.3 is 0 Å². The molecule has 0 saturated carbocycles. The van der Waals surface area contributed by atoms with Gasteiger partial charge in [0, 0.05) is 31.6 Å². The molecule has 2 rings (SSSR count). The van der Waals surface area contributed by atoms with Crippen molar-refractivity contribution < 1.29 is 4.74 Å². The first-order valence-electron chi connectivity index (χ1n) is 4.68. The van der Waals surface area contributed by atoms with E-state index in [1.165, 1.54) is 11.5 Å². The third kappa shape index (κ3) is 2.48. The van der Waals surface area contributed by atoms with Crippen molar-refractivity contribution in [3.8, 4) is 0 Å². The van der Waals surface area contributed by atoms with Gasteiger partial charge in [0.2, 0.25) is 0 Å². The number of nitrogens with two attached hydrogens (primary N) is 1. The van der Waals surface area contributed by atoms with Gasteiger partial charge in [-0.25, -0.2) is 0 Å². The van der Waals surface area contributed by atoms with E-state index in [2.05, 4.69) is 14.5 Å². The highest BCUT2D eigenvalue weighted by Gasteiger charge is 2.19. The van der Waals surface area contributed by atoms with Crippen molar-refractivity contribution in [1.82, 2.24) is 14.5 Å². The lowest BCUT2D eigenvalue weighted by molar-refractivity contribution is -0.0264. The van der Waals surface area contributed by atoms with Gasteiger partial charge in [-0.15, -0.1) is 5.10 Å². The average molecular weight is 214 g/mol. The number of nitrogens with zero attached hydrogens (tertiary/aromatic N) is 3. The normalized spacial score (nSPS) is 23.9. The molecule has 1 aromatic heterocycles. The molecule has 2 heterocycles. The summed E-state index contributed by atoms with van der Waals surface area (Å²) in [7, 11) is 0. The molecule has 0 aliphatic carbocycles. The van der Waals surface area contributed by atoms with Crippen LogP contribution in [-0.4, -0.2) is 46.8 Å². The minimum Gasteiger partial charge on any atom is -0.374 e. The van der Waals surface area contributed by atoms with Gasteiger partial charge in [0.1, 0.15) is 0 Å². The molecule has 2 N–H and O–H groups in total. The van der Waals surface area contributed by atoms with Crippen molar-refractivity contribution in [2.75, 3.05) is 26.2 Å². The minimum atomic E-state index is 0.176. The second kappa shape index (κ2) is 4.79. The maximum absolute atomic E-state index is 5.56. The molecule has 0 radical (unpaired) electrons. The van der Waals surface area contributed by atoms with Gasteiger partial charge in [0.05, 0.1) is 18.4 Å². The number of hydrogen-bond acceptors (Lipinski definition) is 6. The van der Waals surface area contributed by atoms with E-state index in [-0.39, 0.29) is 6.10 Å². The Hall–Kier alpha value is -0.560. The fourth-order valence-electron chi connectivity index (χ4n) is 1.55. The molecule has 0 bridgehead atoms. The Morgan fingerprint density at radius 1 is 1.71 bits per heavy atom. The Labute approximate surface area is 87.0 Å². The Morgan fingerprint density at radius 3 is 3.36 bits per heavy atom. The minimum absolute atomic E-state index is 0.176. The van der Waals surface area contributed by atoms with Crippen molar-refractivity contribution in [3.05, 3.63) is 11.1 Å². The van der Waals surface area contributed by atoms with Gasteiger partial charge in [0.15, 0.2) is 0 Å². The zero-order chi connectivity index (χ0) is 9.80. The lowest BCUT2D eigenvalue weighted by Crippen LogP contribution is -2.45. The number of aromatic nitrogens is 2. The second-order valence-electron chi connectivity index (χ2n) is 3.36. The first kappa shape index (κ1) is 9.97. The van der Waals surface area contributed by atoms with E-state index >= 15 is 0 Å². The van der Waals surface area contributed by atoms with Gasteiger partial charge < -0.3 is 10.5 Å². The molecule has 1 atom stereocenters. The van der Waals surface area contributed by atoms with Gasteiger partial charge in [-0.05, 0) is 11.5 Å². The number of morpholine rings is 1. The van der Waals surface area contributed by atoms with Crippen LogP contribution >= 0.6 is 11.5 Å². The van der Waals surface area contributed by atoms with Crippen molar-refractivity contribution in [3.63, 3.8) is 0 Å². The van der Waals surface area contributed by atoms with Crippen LogP contribution in [0.1, 0.15) is 5.69 Å². The van der Waals surface area contributed by atoms with Gasteiger partial charge in [-0.3, -0.25) is 4.90 Å². The Balaban J connectivity index is 1.86. The van der Waals surface area contributed by atoms with Crippen LogP contribution in [0.15, 0.2) is 5.38 Å². The molecule has 6 heteroatoms. The molecular weight excluding hydrogens is 200 g/mol. The molecule has 1 unspecified atom stereocenters. The Bertz CT molecular complexity index is 266. The molecule has 1 fully saturated rings. The van der Waals surface area contributed by atoms with Crippen LogP contribution in [0.2, 0.25) is 0 Å². The standard InChI is InChI=1S/C8H14N4OS/c9-3-8-5-12(1-2-13-8)4-7-6-14-11-10-7/h6,8H,1-5,9H2. The summed E-state index contributed by atoms with van der Waals surface area (Å²) in [6.45, 7) is 4.06. The summed E-state index contributed by atoms with van der Waals surface area (Å²) < 4.78 is 9.31. The quantitative estimate of drug-likeness (QED) is 0.748. The molecule has 14 heavy (non-hydrogen) atoms. The lowest BCUT2D eigenvalue weighted by Gasteiger charge is -2.31. The molecule has 1 aromatic rings. The van der Waals surface area contributed by atoms with Crippen molar-refractivity contribution in [1.29, 1.82) is 0 Å². The Kier molecular flexibility index (Phi) is 3.41. The van der Waals surface area contributed by atoms with Gasteiger partial charge in [0.25, 0.3) is 0 Å². The second-order valence-corrected chi connectivity index (χ2v) is 3.97. The highest BCUT2D eigenvalue weighted by atomic mass is 32.1. The maximum atomic E-state index is 5.56. The molecule has 0 aromatic carbocycles. The monoisotopic (exact) mass is 214 g/mol. The first-order valence-corrected chi connectivity index (χ1v) is 5.52. The zero-order valence-electron chi connectivity index (χ0n) is 7.93. The molecule has 0 amide bonds. The van der Waals surface area contributed by atoms with E-state index in [0.717, 1.165) is 31.9 Å². The van der Waals surface area contributed by atoms with Crippen LogP contribution in [0.4, 0.5) is 0 Å². The predicted octanol–water partition coefficient (Wildman–Crippen LogP) is -0.302. The van der Waals surface area contributed by atoms with Crippen LogP contribution in [0.3, 0.4) is 0 Å². The Morgan fingerprint density at radius 2 is 2.64 bits per heavy atom. The first-order chi connectivity index (χ1) is 6.88.